The molecule has 1 fully saturated rings. The Labute approximate surface area is 149 Å². The molecule has 1 aliphatic heterocycles. The SMILES string of the molecule is COCCC(=O)N1CCN(C(=O)COc2c(C)ccc(C)c2C)CC1. The van der Waals surface area contributed by atoms with Gasteiger partial charge in [-0.2, -0.15) is 0 Å². The number of ether oxygens (including phenoxy) is 2. The van der Waals surface area contributed by atoms with Crippen molar-refractivity contribution in [3.63, 3.8) is 0 Å². The number of hydrogen-bond acceptors (Lipinski definition) is 4. The Hall–Kier alpha value is -2.08. The Kier molecular flexibility index (Phi) is 6.82. The van der Waals surface area contributed by atoms with Crippen molar-refractivity contribution in [1.29, 1.82) is 0 Å². The Morgan fingerprint density at radius 1 is 0.960 bits per heavy atom. The fourth-order valence-corrected chi connectivity index (χ4v) is 2.93. The maximum atomic E-state index is 12.4. The van der Waals surface area contributed by atoms with Crippen LogP contribution in [0.1, 0.15) is 23.1 Å². The topological polar surface area (TPSA) is 59.1 Å². The lowest BCUT2D eigenvalue weighted by Crippen LogP contribution is -2.51. The van der Waals surface area contributed by atoms with Gasteiger partial charge >= 0.3 is 0 Å². The number of carbonyl (C=O) groups excluding carboxylic acids is 2. The van der Waals surface area contributed by atoms with Crippen molar-refractivity contribution >= 4 is 11.8 Å². The Morgan fingerprint density at radius 3 is 2.12 bits per heavy atom. The van der Waals surface area contributed by atoms with Gasteiger partial charge in [0.15, 0.2) is 6.61 Å². The fraction of sp³-hybridized carbons (Fsp3) is 0.579. The van der Waals surface area contributed by atoms with Crippen molar-refractivity contribution in [2.45, 2.75) is 27.2 Å². The highest BCUT2D eigenvalue weighted by molar-refractivity contribution is 5.79. The van der Waals surface area contributed by atoms with Crippen LogP contribution in [-0.4, -0.2) is 68.1 Å². The predicted molar refractivity (Wildman–Crippen MR) is 95.8 cm³/mol. The summed E-state index contributed by atoms with van der Waals surface area (Å²) in [6, 6.07) is 4.06. The van der Waals surface area contributed by atoms with Gasteiger partial charge in [-0.15, -0.1) is 0 Å². The minimum absolute atomic E-state index is 0.0305. The normalized spacial score (nSPS) is 14.6. The molecule has 2 amide bonds. The molecular weight excluding hydrogens is 320 g/mol. The van der Waals surface area contributed by atoms with Crippen molar-refractivity contribution in [3.05, 3.63) is 28.8 Å². The Bertz CT molecular complexity index is 622. The van der Waals surface area contributed by atoms with Gasteiger partial charge in [-0.1, -0.05) is 12.1 Å². The van der Waals surface area contributed by atoms with Gasteiger partial charge in [0.25, 0.3) is 5.91 Å². The van der Waals surface area contributed by atoms with E-state index in [4.69, 9.17) is 9.47 Å². The van der Waals surface area contributed by atoms with Gasteiger partial charge in [-0.25, -0.2) is 0 Å². The van der Waals surface area contributed by atoms with Crippen LogP contribution in [0.4, 0.5) is 0 Å². The highest BCUT2D eigenvalue weighted by Crippen LogP contribution is 2.25. The van der Waals surface area contributed by atoms with Crippen LogP contribution in [-0.2, 0) is 14.3 Å². The summed E-state index contributed by atoms with van der Waals surface area (Å²) in [5.41, 5.74) is 3.25. The molecule has 2 rings (SSSR count). The fourth-order valence-electron chi connectivity index (χ4n) is 2.93. The van der Waals surface area contributed by atoms with Crippen molar-refractivity contribution < 1.29 is 19.1 Å². The molecule has 6 nitrogen and oxygen atoms in total. The highest BCUT2D eigenvalue weighted by Gasteiger charge is 2.24. The van der Waals surface area contributed by atoms with Gasteiger partial charge in [0.1, 0.15) is 5.75 Å². The lowest BCUT2D eigenvalue weighted by atomic mass is 10.1. The first-order valence-electron chi connectivity index (χ1n) is 8.68. The third-order valence-corrected chi connectivity index (χ3v) is 4.72. The molecule has 0 spiro atoms. The summed E-state index contributed by atoms with van der Waals surface area (Å²) in [7, 11) is 1.58. The van der Waals surface area contributed by atoms with Crippen molar-refractivity contribution in [3.8, 4) is 5.75 Å². The van der Waals surface area contributed by atoms with Crippen LogP contribution in [0.2, 0.25) is 0 Å². The summed E-state index contributed by atoms with van der Waals surface area (Å²) in [5.74, 6) is 0.835. The molecule has 0 unspecified atom stereocenters. The third kappa shape index (κ3) is 4.95. The van der Waals surface area contributed by atoms with Crippen molar-refractivity contribution in [2.75, 3.05) is 46.5 Å². The van der Waals surface area contributed by atoms with E-state index in [0.29, 0.717) is 39.2 Å². The van der Waals surface area contributed by atoms with E-state index in [1.807, 2.05) is 26.8 Å². The smallest absolute Gasteiger partial charge is 0.260 e. The average Bonchev–Trinajstić information content (AvgIpc) is 2.62. The number of hydrogen-bond donors (Lipinski definition) is 0. The molecule has 138 valence electrons. The van der Waals surface area contributed by atoms with E-state index in [9.17, 15) is 9.59 Å². The molecule has 1 heterocycles. The Morgan fingerprint density at radius 2 is 1.52 bits per heavy atom. The second-order valence-corrected chi connectivity index (χ2v) is 6.45. The number of carbonyl (C=O) groups is 2. The highest BCUT2D eigenvalue weighted by atomic mass is 16.5. The molecular formula is C19H28N2O4. The van der Waals surface area contributed by atoms with Crippen LogP contribution in [0.25, 0.3) is 0 Å². The van der Waals surface area contributed by atoms with E-state index in [0.717, 1.165) is 22.4 Å². The first kappa shape index (κ1) is 19.2. The molecule has 0 saturated carbocycles. The molecule has 0 radical (unpaired) electrons. The summed E-state index contributed by atoms with van der Waals surface area (Å²) < 4.78 is 10.7. The number of nitrogens with zero attached hydrogens (tertiary/aromatic N) is 2. The van der Waals surface area contributed by atoms with Gasteiger partial charge < -0.3 is 19.3 Å². The maximum Gasteiger partial charge on any atom is 0.260 e. The zero-order chi connectivity index (χ0) is 18.4. The summed E-state index contributed by atoms with van der Waals surface area (Å²) in [5, 5.41) is 0. The van der Waals surface area contributed by atoms with E-state index < -0.39 is 0 Å². The van der Waals surface area contributed by atoms with Gasteiger partial charge in [-0.3, -0.25) is 9.59 Å². The van der Waals surface area contributed by atoms with E-state index in [2.05, 4.69) is 6.07 Å². The molecule has 1 aromatic rings. The quantitative estimate of drug-likeness (QED) is 0.785. The molecule has 0 atom stereocenters. The van der Waals surface area contributed by atoms with Gasteiger partial charge in [0.05, 0.1) is 13.0 Å². The number of aryl methyl sites for hydroxylation is 2. The molecule has 0 aromatic heterocycles. The van der Waals surface area contributed by atoms with Crippen LogP contribution in [0, 0.1) is 20.8 Å². The molecule has 0 bridgehead atoms. The predicted octanol–water partition coefficient (Wildman–Crippen LogP) is 1.70. The van der Waals surface area contributed by atoms with Gasteiger partial charge in [0.2, 0.25) is 5.91 Å². The van der Waals surface area contributed by atoms with Crippen LogP contribution in [0.3, 0.4) is 0 Å². The molecule has 0 aliphatic carbocycles. The van der Waals surface area contributed by atoms with E-state index in [1.54, 1.807) is 16.9 Å². The largest absolute Gasteiger partial charge is 0.483 e. The second-order valence-electron chi connectivity index (χ2n) is 6.45. The van der Waals surface area contributed by atoms with Crippen molar-refractivity contribution in [1.82, 2.24) is 9.80 Å². The average molecular weight is 348 g/mol. The number of benzene rings is 1. The van der Waals surface area contributed by atoms with E-state index in [1.165, 1.54) is 0 Å². The number of amides is 2. The second kappa shape index (κ2) is 8.85. The molecule has 1 aromatic carbocycles. The molecule has 1 aliphatic rings. The van der Waals surface area contributed by atoms with Crippen LogP contribution >= 0.6 is 0 Å². The zero-order valence-electron chi connectivity index (χ0n) is 15.6. The maximum absolute atomic E-state index is 12.4. The summed E-state index contributed by atoms with van der Waals surface area (Å²) in [4.78, 5) is 27.9. The van der Waals surface area contributed by atoms with E-state index >= 15 is 0 Å². The minimum atomic E-state index is -0.0377. The zero-order valence-corrected chi connectivity index (χ0v) is 15.6. The lowest BCUT2D eigenvalue weighted by molar-refractivity contribution is -0.141. The first-order valence-corrected chi connectivity index (χ1v) is 8.68. The van der Waals surface area contributed by atoms with Crippen LogP contribution < -0.4 is 4.74 Å². The molecule has 1 saturated heterocycles. The van der Waals surface area contributed by atoms with Crippen LogP contribution in [0.15, 0.2) is 12.1 Å². The number of methoxy groups -OCH3 is 1. The monoisotopic (exact) mass is 348 g/mol. The summed E-state index contributed by atoms with van der Waals surface area (Å²) in [6.07, 6.45) is 0.388. The van der Waals surface area contributed by atoms with Gasteiger partial charge in [-0.05, 0) is 37.5 Å². The molecule has 6 heteroatoms. The van der Waals surface area contributed by atoms with Crippen LogP contribution in [0.5, 0.6) is 5.75 Å². The van der Waals surface area contributed by atoms with Crippen molar-refractivity contribution in [2.24, 2.45) is 0 Å². The minimum Gasteiger partial charge on any atom is -0.483 e. The van der Waals surface area contributed by atoms with E-state index in [-0.39, 0.29) is 18.4 Å². The Balaban J connectivity index is 1.83. The van der Waals surface area contributed by atoms with Gasteiger partial charge in [0, 0.05) is 33.3 Å². The summed E-state index contributed by atoms with van der Waals surface area (Å²) in [6.45, 7) is 8.71. The third-order valence-electron chi connectivity index (χ3n) is 4.72. The lowest BCUT2D eigenvalue weighted by Gasteiger charge is -2.34. The number of rotatable bonds is 6. The molecule has 0 N–H and O–H groups in total. The first-order chi connectivity index (χ1) is 11.9. The summed E-state index contributed by atoms with van der Waals surface area (Å²) >= 11 is 0. The molecule has 25 heavy (non-hydrogen) atoms. The standard InChI is InChI=1S/C19H28N2O4/c1-14-5-6-15(2)19(16(14)3)25-13-18(23)21-10-8-20(9-11-21)17(22)7-12-24-4/h5-6H,7-13H2,1-4H3. The number of piperazine rings is 1.